The molecule has 0 aromatic heterocycles. The van der Waals surface area contributed by atoms with Crippen LogP contribution in [0.3, 0.4) is 0 Å². The van der Waals surface area contributed by atoms with E-state index in [9.17, 15) is 9.59 Å². The SMILES string of the molecule is CCOc1cc(/C=C2\SC(=O)N(CCOc3ccccc3)C2=O)ccc1OCCOc1ccc(C)cc1. The second kappa shape index (κ2) is 12.9. The first kappa shape index (κ1) is 26.2. The molecule has 0 saturated carbocycles. The molecule has 1 heterocycles. The Morgan fingerprint density at radius 1 is 0.784 bits per heavy atom. The topological polar surface area (TPSA) is 74.3 Å². The van der Waals surface area contributed by atoms with Gasteiger partial charge in [0.1, 0.15) is 31.3 Å². The number of para-hydroxylation sites is 1. The zero-order chi connectivity index (χ0) is 26.0. The summed E-state index contributed by atoms with van der Waals surface area (Å²) in [6.07, 6.45) is 1.69. The third-order valence-corrected chi connectivity index (χ3v) is 6.30. The summed E-state index contributed by atoms with van der Waals surface area (Å²) in [5.41, 5.74) is 1.91. The summed E-state index contributed by atoms with van der Waals surface area (Å²) in [5.74, 6) is 2.28. The van der Waals surface area contributed by atoms with Crippen LogP contribution in [-0.4, -0.2) is 49.0 Å². The van der Waals surface area contributed by atoms with Gasteiger partial charge in [-0.3, -0.25) is 14.5 Å². The van der Waals surface area contributed by atoms with E-state index in [1.807, 2.05) is 74.5 Å². The van der Waals surface area contributed by atoms with Crippen LogP contribution < -0.4 is 18.9 Å². The summed E-state index contributed by atoms with van der Waals surface area (Å²) in [6, 6.07) is 22.5. The maximum absolute atomic E-state index is 12.8. The Morgan fingerprint density at radius 2 is 1.49 bits per heavy atom. The number of carbonyl (C=O) groups is 2. The van der Waals surface area contributed by atoms with Gasteiger partial charge in [0.25, 0.3) is 11.1 Å². The lowest BCUT2D eigenvalue weighted by molar-refractivity contribution is -0.123. The number of thioether (sulfide) groups is 1. The van der Waals surface area contributed by atoms with Gasteiger partial charge in [-0.05, 0) is 73.6 Å². The molecule has 0 spiro atoms. The van der Waals surface area contributed by atoms with E-state index in [1.165, 1.54) is 10.5 Å². The molecule has 1 aliphatic heterocycles. The van der Waals surface area contributed by atoms with Crippen molar-refractivity contribution in [2.24, 2.45) is 0 Å². The third-order valence-electron chi connectivity index (χ3n) is 5.40. The van der Waals surface area contributed by atoms with Crippen LogP contribution in [-0.2, 0) is 4.79 Å². The summed E-state index contributed by atoms with van der Waals surface area (Å²) in [6.45, 7) is 5.51. The summed E-state index contributed by atoms with van der Waals surface area (Å²) in [4.78, 5) is 26.8. The van der Waals surface area contributed by atoms with Gasteiger partial charge in [-0.25, -0.2) is 0 Å². The summed E-state index contributed by atoms with van der Waals surface area (Å²) in [7, 11) is 0. The lowest BCUT2D eigenvalue weighted by atomic mass is 10.2. The number of amides is 2. The van der Waals surface area contributed by atoms with E-state index in [2.05, 4.69) is 0 Å². The quantitative estimate of drug-likeness (QED) is 0.216. The maximum Gasteiger partial charge on any atom is 0.293 e. The van der Waals surface area contributed by atoms with Crippen LogP contribution in [0.25, 0.3) is 6.08 Å². The smallest absolute Gasteiger partial charge is 0.293 e. The first-order valence-corrected chi connectivity index (χ1v) is 12.9. The Kier molecular flexibility index (Phi) is 9.10. The molecule has 3 aromatic carbocycles. The Labute approximate surface area is 221 Å². The zero-order valence-corrected chi connectivity index (χ0v) is 21.7. The molecule has 8 heteroatoms. The number of aryl methyl sites for hydroxylation is 1. The number of carbonyl (C=O) groups excluding carboxylic acids is 2. The van der Waals surface area contributed by atoms with Crippen molar-refractivity contribution in [3.63, 3.8) is 0 Å². The fourth-order valence-electron chi connectivity index (χ4n) is 3.56. The lowest BCUT2D eigenvalue weighted by Crippen LogP contribution is -2.32. The highest BCUT2D eigenvalue weighted by molar-refractivity contribution is 8.18. The molecule has 0 bridgehead atoms. The van der Waals surface area contributed by atoms with Crippen molar-refractivity contribution in [2.45, 2.75) is 13.8 Å². The van der Waals surface area contributed by atoms with Crippen molar-refractivity contribution in [2.75, 3.05) is 33.0 Å². The predicted molar refractivity (Wildman–Crippen MR) is 144 cm³/mol. The number of imide groups is 1. The minimum absolute atomic E-state index is 0.179. The van der Waals surface area contributed by atoms with Crippen molar-refractivity contribution < 1.29 is 28.5 Å². The van der Waals surface area contributed by atoms with E-state index in [-0.39, 0.29) is 24.3 Å². The highest BCUT2D eigenvalue weighted by atomic mass is 32.2. The van der Waals surface area contributed by atoms with E-state index in [4.69, 9.17) is 18.9 Å². The van der Waals surface area contributed by atoms with Crippen molar-refractivity contribution in [1.29, 1.82) is 0 Å². The molecule has 2 amide bonds. The van der Waals surface area contributed by atoms with E-state index in [0.717, 1.165) is 23.1 Å². The molecular formula is C29H29NO6S. The van der Waals surface area contributed by atoms with Crippen LogP contribution in [0.15, 0.2) is 77.7 Å². The molecule has 0 unspecified atom stereocenters. The molecule has 1 saturated heterocycles. The Bertz CT molecular complexity index is 1240. The van der Waals surface area contributed by atoms with Crippen molar-refractivity contribution in [1.82, 2.24) is 4.90 Å². The molecule has 37 heavy (non-hydrogen) atoms. The third kappa shape index (κ3) is 7.30. The molecule has 7 nitrogen and oxygen atoms in total. The number of hydrogen-bond acceptors (Lipinski definition) is 7. The van der Waals surface area contributed by atoms with Crippen molar-refractivity contribution in [3.8, 4) is 23.0 Å². The first-order chi connectivity index (χ1) is 18.0. The number of hydrogen-bond donors (Lipinski definition) is 0. The Morgan fingerprint density at radius 3 is 2.24 bits per heavy atom. The average Bonchev–Trinajstić information content (AvgIpc) is 3.17. The normalized spacial score (nSPS) is 14.2. The largest absolute Gasteiger partial charge is 0.492 e. The minimum atomic E-state index is -0.335. The molecule has 0 atom stereocenters. The van der Waals surface area contributed by atoms with E-state index >= 15 is 0 Å². The van der Waals surface area contributed by atoms with Crippen LogP contribution >= 0.6 is 11.8 Å². The van der Waals surface area contributed by atoms with Crippen LogP contribution in [0.2, 0.25) is 0 Å². The number of nitrogens with zero attached hydrogens (tertiary/aromatic N) is 1. The molecule has 0 aliphatic carbocycles. The highest BCUT2D eigenvalue weighted by Crippen LogP contribution is 2.34. The zero-order valence-electron chi connectivity index (χ0n) is 20.8. The summed E-state index contributed by atoms with van der Waals surface area (Å²) in [5, 5.41) is -0.313. The summed E-state index contributed by atoms with van der Waals surface area (Å²) < 4.78 is 23.0. The van der Waals surface area contributed by atoms with Gasteiger partial charge in [-0.2, -0.15) is 0 Å². The molecular weight excluding hydrogens is 490 g/mol. The van der Waals surface area contributed by atoms with Gasteiger partial charge < -0.3 is 18.9 Å². The monoisotopic (exact) mass is 519 g/mol. The molecule has 1 aliphatic rings. The van der Waals surface area contributed by atoms with E-state index in [0.29, 0.717) is 42.0 Å². The first-order valence-electron chi connectivity index (χ1n) is 12.1. The van der Waals surface area contributed by atoms with Gasteiger partial charge in [0.05, 0.1) is 18.1 Å². The fourth-order valence-corrected chi connectivity index (χ4v) is 4.43. The molecule has 3 aromatic rings. The second-order valence-electron chi connectivity index (χ2n) is 8.14. The number of benzene rings is 3. The molecule has 0 N–H and O–H groups in total. The molecule has 0 radical (unpaired) electrons. The fraction of sp³-hybridized carbons (Fsp3) is 0.241. The van der Waals surface area contributed by atoms with Crippen LogP contribution in [0.5, 0.6) is 23.0 Å². The maximum atomic E-state index is 12.8. The van der Waals surface area contributed by atoms with Gasteiger partial charge in [0.2, 0.25) is 0 Å². The van der Waals surface area contributed by atoms with E-state index < -0.39 is 0 Å². The standard InChI is InChI=1S/C29H29NO6S/c1-3-33-26-19-22(11-14-25(26)36-18-17-35-24-12-9-21(2)10-13-24)20-27-28(31)30(29(32)37-27)15-16-34-23-7-5-4-6-8-23/h4-14,19-20H,3,15-18H2,1-2H3/b27-20-. The van der Waals surface area contributed by atoms with Gasteiger partial charge in [0.15, 0.2) is 11.5 Å². The van der Waals surface area contributed by atoms with Gasteiger partial charge in [-0.1, -0.05) is 42.0 Å². The lowest BCUT2D eigenvalue weighted by Gasteiger charge is -2.14. The minimum Gasteiger partial charge on any atom is -0.492 e. The number of rotatable bonds is 12. The molecule has 4 rings (SSSR count). The summed E-state index contributed by atoms with van der Waals surface area (Å²) >= 11 is 0.916. The molecule has 192 valence electrons. The van der Waals surface area contributed by atoms with Crippen molar-refractivity contribution in [3.05, 3.63) is 88.8 Å². The van der Waals surface area contributed by atoms with Gasteiger partial charge in [0, 0.05) is 0 Å². The molecule has 1 fully saturated rings. The highest BCUT2D eigenvalue weighted by Gasteiger charge is 2.34. The van der Waals surface area contributed by atoms with Crippen LogP contribution in [0.4, 0.5) is 4.79 Å². The second-order valence-corrected chi connectivity index (χ2v) is 9.14. The van der Waals surface area contributed by atoms with Crippen molar-refractivity contribution >= 4 is 29.0 Å². The predicted octanol–water partition coefficient (Wildman–Crippen LogP) is 5.97. The average molecular weight is 520 g/mol. The van der Waals surface area contributed by atoms with Crippen LogP contribution in [0.1, 0.15) is 18.1 Å². The Balaban J connectivity index is 1.34. The van der Waals surface area contributed by atoms with Gasteiger partial charge >= 0.3 is 0 Å². The van der Waals surface area contributed by atoms with Crippen LogP contribution in [0, 0.1) is 6.92 Å². The Hall–Kier alpha value is -3.91. The van der Waals surface area contributed by atoms with Gasteiger partial charge in [-0.15, -0.1) is 0 Å². The number of ether oxygens (including phenoxy) is 4. The van der Waals surface area contributed by atoms with E-state index in [1.54, 1.807) is 18.2 Å².